The lowest BCUT2D eigenvalue weighted by molar-refractivity contribution is 0.116. The first-order chi connectivity index (χ1) is 19.0. The summed E-state index contributed by atoms with van der Waals surface area (Å²) in [6.07, 6.45) is 12.2. The Morgan fingerprint density at radius 1 is 0.744 bits per heavy atom. The van der Waals surface area contributed by atoms with Crippen molar-refractivity contribution in [2.24, 2.45) is 0 Å². The summed E-state index contributed by atoms with van der Waals surface area (Å²) >= 11 is 0. The third-order valence-electron chi connectivity index (χ3n) is 6.50. The highest BCUT2D eigenvalue weighted by molar-refractivity contribution is 7.85. The Labute approximate surface area is 240 Å². The monoisotopic (exact) mass is 565 g/mol. The SMILES string of the molecule is Cc1ccc([S@](=O)N[C@H](/C=C/CCCCCCCCOCc2ccccc2)C[S@](=O)c2ccc(C)cc2)cc1. The first-order valence-electron chi connectivity index (χ1n) is 14.0. The van der Waals surface area contributed by atoms with Gasteiger partial charge in [0.25, 0.3) is 0 Å². The molecule has 0 radical (unpaired) electrons. The molecule has 0 amide bonds. The third kappa shape index (κ3) is 12.6. The summed E-state index contributed by atoms with van der Waals surface area (Å²) in [6.45, 7) is 5.55. The second kappa shape index (κ2) is 18.1. The molecule has 0 saturated heterocycles. The minimum atomic E-state index is -1.37. The molecule has 210 valence electrons. The van der Waals surface area contributed by atoms with Crippen molar-refractivity contribution >= 4 is 21.8 Å². The number of hydrogen-bond acceptors (Lipinski definition) is 3. The van der Waals surface area contributed by atoms with Gasteiger partial charge in [0.2, 0.25) is 0 Å². The van der Waals surface area contributed by atoms with E-state index in [0.717, 1.165) is 46.8 Å². The summed E-state index contributed by atoms with van der Waals surface area (Å²) in [5.74, 6) is 0.378. The molecular weight excluding hydrogens is 523 g/mol. The van der Waals surface area contributed by atoms with Crippen LogP contribution in [0, 0.1) is 13.8 Å². The number of benzene rings is 3. The zero-order valence-corrected chi connectivity index (χ0v) is 25.0. The van der Waals surface area contributed by atoms with Gasteiger partial charge in [-0.05, 0) is 62.9 Å². The molecule has 0 heterocycles. The number of nitrogens with one attached hydrogen (secondary N) is 1. The normalized spacial score (nSPS) is 13.9. The predicted octanol–water partition coefficient (Wildman–Crippen LogP) is 7.60. The lowest BCUT2D eigenvalue weighted by Crippen LogP contribution is -2.34. The van der Waals surface area contributed by atoms with Crippen LogP contribution in [0.5, 0.6) is 0 Å². The maximum atomic E-state index is 13.0. The first-order valence-corrected chi connectivity index (χ1v) is 16.5. The number of hydrogen-bond donors (Lipinski definition) is 1. The molecule has 4 nitrogen and oxygen atoms in total. The Hall–Kier alpha value is -2.38. The fraction of sp³-hybridized carbons (Fsp3) is 0.394. The summed E-state index contributed by atoms with van der Waals surface area (Å²) in [4.78, 5) is 1.53. The summed E-state index contributed by atoms with van der Waals surface area (Å²) in [7, 11) is -2.55. The molecule has 3 aromatic rings. The van der Waals surface area contributed by atoms with Crippen molar-refractivity contribution in [3.63, 3.8) is 0 Å². The Bertz CT molecular complexity index is 1100. The molecule has 3 rings (SSSR count). The van der Waals surface area contributed by atoms with E-state index in [1.165, 1.54) is 31.2 Å². The second-order valence-electron chi connectivity index (χ2n) is 10.0. The van der Waals surface area contributed by atoms with Gasteiger partial charge in [0.05, 0.1) is 22.3 Å². The Kier molecular flexibility index (Phi) is 14.4. The lowest BCUT2D eigenvalue weighted by atomic mass is 10.1. The highest BCUT2D eigenvalue weighted by Crippen LogP contribution is 2.13. The van der Waals surface area contributed by atoms with Gasteiger partial charge >= 0.3 is 0 Å². The van der Waals surface area contributed by atoms with Crippen LogP contribution in [0.4, 0.5) is 0 Å². The highest BCUT2D eigenvalue weighted by Gasteiger charge is 2.15. The van der Waals surface area contributed by atoms with Crippen LogP contribution in [0.25, 0.3) is 0 Å². The van der Waals surface area contributed by atoms with Crippen molar-refractivity contribution < 1.29 is 13.2 Å². The van der Waals surface area contributed by atoms with Gasteiger partial charge in [0, 0.05) is 23.3 Å². The fourth-order valence-corrected chi connectivity index (χ4v) is 6.36. The molecule has 0 spiro atoms. The maximum absolute atomic E-state index is 13.0. The number of aryl methyl sites for hydroxylation is 2. The van der Waals surface area contributed by atoms with Gasteiger partial charge in [0.1, 0.15) is 11.0 Å². The van der Waals surface area contributed by atoms with Crippen molar-refractivity contribution in [2.45, 2.75) is 81.2 Å². The standard InChI is InChI=1S/C33H43NO3S2/c1-28-17-21-32(22-18-28)38(35)27-31(34-39(36)33-23-19-29(2)20-24-33)16-12-7-5-3-4-6-8-13-25-37-26-30-14-10-9-11-15-30/h9-12,14-24,31,34H,3-8,13,25-27H2,1-2H3/b16-12+/t31-,38+,39+/m1/s1. The molecule has 1 N–H and O–H groups in total. The van der Waals surface area contributed by atoms with E-state index in [1.807, 2.05) is 86.7 Å². The van der Waals surface area contributed by atoms with Crippen LogP contribution >= 0.6 is 0 Å². The molecule has 3 atom stereocenters. The minimum absolute atomic E-state index is 0.245. The van der Waals surface area contributed by atoms with Gasteiger partial charge in [-0.1, -0.05) is 104 Å². The van der Waals surface area contributed by atoms with Crippen molar-refractivity contribution in [1.29, 1.82) is 0 Å². The average molecular weight is 566 g/mol. The van der Waals surface area contributed by atoms with Gasteiger partial charge in [-0.15, -0.1) is 0 Å². The second-order valence-corrected chi connectivity index (χ2v) is 12.7. The van der Waals surface area contributed by atoms with Crippen LogP contribution in [-0.4, -0.2) is 26.8 Å². The van der Waals surface area contributed by atoms with Gasteiger partial charge in [-0.25, -0.2) is 8.93 Å². The summed E-state index contributed by atoms with van der Waals surface area (Å²) in [6, 6.07) is 25.5. The van der Waals surface area contributed by atoms with Crippen molar-refractivity contribution in [1.82, 2.24) is 4.72 Å². The molecule has 6 heteroatoms. The molecule has 3 aromatic carbocycles. The van der Waals surface area contributed by atoms with E-state index in [0.29, 0.717) is 12.4 Å². The molecule has 0 fully saturated rings. The predicted molar refractivity (Wildman–Crippen MR) is 165 cm³/mol. The summed E-state index contributed by atoms with van der Waals surface area (Å²) in [5, 5.41) is 0. The molecule has 0 saturated carbocycles. The summed E-state index contributed by atoms with van der Waals surface area (Å²) in [5.41, 5.74) is 3.50. The molecule has 0 aliphatic carbocycles. The molecule has 0 aliphatic heterocycles. The van der Waals surface area contributed by atoms with E-state index in [1.54, 1.807) is 0 Å². The van der Waals surface area contributed by atoms with E-state index in [9.17, 15) is 8.42 Å². The van der Waals surface area contributed by atoms with Crippen LogP contribution in [-0.2, 0) is 33.1 Å². The topological polar surface area (TPSA) is 55.4 Å². The van der Waals surface area contributed by atoms with Crippen LogP contribution in [0.1, 0.15) is 61.6 Å². The molecule has 0 unspecified atom stereocenters. The van der Waals surface area contributed by atoms with Crippen LogP contribution in [0.15, 0.2) is 101 Å². The van der Waals surface area contributed by atoms with Crippen molar-refractivity contribution in [3.05, 3.63) is 108 Å². The van der Waals surface area contributed by atoms with Crippen LogP contribution in [0.2, 0.25) is 0 Å². The Morgan fingerprint density at radius 3 is 2.00 bits per heavy atom. The van der Waals surface area contributed by atoms with E-state index >= 15 is 0 Å². The number of ether oxygens (including phenoxy) is 1. The fourth-order valence-electron chi connectivity index (χ4n) is 4.14. The van der Waals surface area contributed by atoms with E-state index in [-0.39, 0.29) is 6.04 Å². The highest BCUT2D eigenvalue weighted by atomic mass is 32.2. The third-order valence-corrected chi connectivity index (χ3v) is 9.17. The smallest absolute Gasteiger partial charge is 0.125 e. The number of allylic oxidation sites excluding steroid dienone is 1. The quantitative estimate of drug-likeness (QED) is 0.128. The largest absolute Gasteiger partial charge is 0.377 e. The zero-order chi connectivity index (χ0) is 27.7. The maximum Gasteiger partial charge on any atom is 0.125 e. The van der Waals surface area contributed by atoms with E-state index < -0.39 is 21.8 Å². The van der Waals surface area contributed by atoms with E-state index in [2.05, 4.69) is 22.9 Å². The zero-order valence-electron chi connectivity index (χ0n) is 23.3. The van der Waals surface area contributed by atoms with Crippen molar-refractivity contribution in [3.8, 4) is 0 Å². The molecule has 0 aliphatic rings. The Balaban J connectivity index is 1.37. The van der Waals surface area contributed by atoms with Gasteiger partial charge in [0.15, 0.2) is 0 Å². The Morgan fingerprint density at radius 2 is 1.33 bits per heavy atom. The molecule has 39 heavy (non-hydrogen) atoms. The number of rotatable bonds is 18. The van der Waals surface area contributed by atoms with Gasteiger partial charge in [-0.2, -0.15) is 0 Å². The minimum Gasteiger partial charge on any atom is -0.377 e. The van der Waals surface area contributed by atoms with Crippen LogP contribution < -0.4 is 4.72 Å². The molecule has 0 aromatic heterocycles. The number of unbranched alkanes of at least 4 members (excludes halogenated alkanes) is 6. The van der Waals surface area contributed by atoms with Crippen LogP contribution in [0.3, 0.4) is 0 Å². The lowest BCUT2D eigenvalue weighted by Gasteiger charge is -2.15. The first kappa shape index (κ1) is 31.2. The molecule has 0 bridgehead atoms. The summed E-state index contributed by atoms with van der Waals surface area (Å²) < 4.78 is 34.9. The van der Waals surface area contributed by atoms with Crippen molar-refractivity contribution in [2.75, 3.05) is 12.4 Å². The van der Waals surface area contributed by atoms with E-state index in [4.69, 9.17) is 4.74 Å². The molecular formula is C33H43NO3S2. The van der Waals surface area contributed by atoms with Gasteiger partial charge in [-0.3, -0.25) is 4.21 Å². The van der Waals surface area contributed by atoms with Gasteiger partial charge < -0.3 is 4.74 Å². The average Bonchev–Trinajstić information content (AvgIpc) is 2.94.